The number of alkyl halides is 3. The number of aliphatic hydroxyl groups excluding tert-OH is 1. The SMILES string of the molecule is OCCNc1nc(C(F)(F)F)nc2c1CCc1ccccc1-2. The lowest BCUT2D eigenvalue weighted by atomic mass is 9.89. The Kier molecular flexibility index (Phi) is 3.74. The molecule has 2 N–H and O–H groups in total. The summed E-state index contributed by atoms with van der Waals surface area (Å²) in [7, 11) is 0. The molecule has 1 heterocycles. The Hall–Kier alpha value is -2.15. The molecular weight excluding hydrogens is 295 g/mol. The minimum absolute atomic E-state index is 0.141. The number of aromatic nitrogens is 2. The third-order valence-electron chi connectivity index (χ3n) is 3.58. The van der Waals surface area contributed by atoms with Gasteiger partial charge in [-0.25, -0.2) is 9.97 Å². The van der Waals surface area contributed by atoms with Crippen molar-refractivity contribution >= 4 is 5.82 Å². The number of hydrogen-bond donors (Lipinski definition) is 2. The van der Waals surface area contributed by atoms with Crippen LogP contribution in [-0.4, -0.2) is 28.2 Å². The normalized spacial score (nSPS) is 13.5. The molecule has 3 rings (SSSR count). The van der Waals surface area contributed by atoms with E-state index < -0.39 is 12.0 Å². The van der Waals surface area contributed by atoms with Crippen LogP contribution in [0.5, 0.6) is 0 Å². The quantitative estimate of drug-likeness (QED) is 0.915. The lowest BCUT2D eigenvalue weighted by Gasteiger charge is -2.22. The molecule has 0 spiro atoms. The van der Waals surface area contributed by atoms with E-state index in [1.165, 1.54) is 0 Å². The van der Waals surface area contributed by atoms with E-state index in [4.69, 9.17) is 5.11 Å². The molecule has 0 radical (unpaired) electrons. The first kappa shape index (κ1) is 14.8. The molecular formula is C15H14F3N3O. The number of halogens is 3. The summed E-state index contributed by atoms with van der Waals surface area (Å²) in [6.45, 7) is -0.0425. The van der Waals surface area contributed by atoms with E-state index in [1.54, 1.807) is 12.1 Å². The van der Waals surface area contributed by atoms with Crippen LogP contribution in [0.15, 0.2) is 24.3 Å². The summed E-state index contributed by atoms with van der Waals surface area (Å²) < 4.78 is 39.1. The maximum absolute atomic E-state index is 13.0. The van der Waals surface area contributed by atoms with Crippen molar-refractivity contribution in [1.29, 1.82) is 0 Å². The highest BCUT2D eigenvalue weighted by Crippen LogP contribution is 2.37. The number of aliphatic hydroxyl groups is 1. The standard InChI is InChI=1S/C15H14F3N3O/c16-15(17,18)14-20-12-10-4-2-1-3-9(10)5-6-11(12)13(21-14)19-7-8-22/h1-4,22H,5-8H2,(H,19,20,21). The Morgan fingerprint density at radius 1 is 1.14 bits per heavy atom. The predicted octanol–water partition coefficient (Wildman–Crippen LogP) is 2.67. The molecule has 0 amide bonds. The fraction of sp³-hybridized carbons (Fsp3) is 0.333. The number of fused-ring (bicyclic) bond motifs is 3. The zero-order chi connectivity index (χ0) is 15.7. The highest BCUT2D eigenvalue weighted by atomic mass is 19.4. The molecule has 1 aliphatic rings. The van der Waals surface area contributed by atoms with E-state index in [0.717, 1.165) is 12.0 Å². The Morgan fingerprint density at radius 3 is 2.64 bits per heavy atom. The van der Waals surface area contributed by atoms with Gasteiger partial charge in [0.05, 0.1) is 12.3 Å². The van der Waals surface area contributed by atoms with Crippen LogP contribution in [-0.2, 0) is 19.0 Å². The van der Waals surface area contributed by atoms with Crippen molar-refractivity contribution in [3.8, 4) is 11.3 Å². The number of benzene rings is 1. The summed E-state index contributed by atoms with van der Waals surface area (Å²) >= 11 is 0. The maximum atomic E-state index is 13.0. The smallest absolute Gasteiger partial charge is 0.395 e. The van der Waals surface area contributed by atoms with Crippen LogP contribution in [0.25, 0.3) is 11.3 Å². The van der Waals surface area contributed by atoms with Crippen molar-refractivity contribution in [2.24, 2.45) is 0 Å². The van der Waals surface area contributed by atoms with Gasteiger partial charge in [-0.05, 0) is 18.4 Å². The second kappa shape index (κ2) is 5.57. The number of nitrogens with zero attached hydrogens (tertiary/aromatic N) is 2. The predicted molar refractivity (Wildman–Crippen MR) is 75.5 cm³/mol. The zero-order valence-electron chi connectivity index (χ0n) is 11.6. The largest absolute Gasteiger partial charge is 0.451 e. The number of nitrogens with one attached hydrogen (secondary N) is 1. The molecule has 2 aromatic rings. The molecule has 0 fully saturated rings. The summed E-state index contributed by atoms with van der Waals surface area (Å²) in [5.41, 5.74) is 2.68. The van der Waals surface area contributed by atoms with Crippen LogP contribution < -0.4 is 5.32 Å². The number of anilines is 1. The molecule has 0 aliphatic heterocycles. The van der Waals surface area contributed by atoms with Crippen LogP contribution in [0.2, 0.25) is 0 Å². The van der Waals surface area contributed by atoms with Gasteiger partial charge in [0.15, 0.2) is 0 Å². The highest BCUT2D eigenvalue weighted by molar-refractivity contribution is 5.73. The maximum Gasteiger partial charge on any atom is 0.451 e. The molecule has 1 aromatic carbocycles. The van der Waals surface area contributed by atoms with E-state index in [-0.39, 0.29) is 19.0 Å². The molecule has 1 aromatic heterocycles. The van der Waals surface area contributed by atoms with Crippen LogP contribution in [0.3, 0.4) is 0 Å². The second-order valence-corrected chi connectivity index (χ2v) is 5.03. The molecule has 0 atom stereocenters. The van der Waals surface area contributed by atoms with Gasteiger partial charge in [-0.15, -0.1) is 0 Å². The Morgan fingerprint density at radius 2 is 1.91 bits per heavy atom. The first-order chi connectivity index (χ1) is 10.5. The van der Waals surface area contributed by atoms with Gasteiger partial charge in [0.25, 0.3) is 0 Å². The monoisotopic (exact) mass is 309 g/mol. The molecule has 0 saturated heterocycles. The minimum atomic E-state index is -4.61. The van der Waals surface area contributed by atoms with E-state index >= 15 is 0 Å². The van der Waals surface area contributed by atoms with E-state index in [9.17, 15) is 13.2 Å². The Labute approximate surface area is 125 Å². The molecule has 7 heteroatoms. The van der Waals surface area contributed by atoms with Gasteiger partial charge >= 0.3 is 6.18 Å². The van der Waals surface area contributed by atoms with Crippen LogP contribution in [0, 0.1) is 0 Å². The van der Waals surface area contributed by atoms with E-state index in [0.29, 0.717) is 23.2 Å². The van der Waals surface area contributed by atoms with Gasteiger partial charge in [-0.2, -0.15) is 13.2 Å². The van der Waals surface area contributed by atoms with Gasteiger partial charge in [-0.3, -0.25) is 0 Å². The van der Waals surface area contributed by atoms with Gasteiger partial charge in [0.1, 0.15) is 5.82 Å². The molecule has 0 saturated carbocycles. The minimum Gasteiger partial charge on any atom is -0.395 e. The third-order valence-corrected chi connectivity index (χ3v) is 3.58. The molecule has 22 heavy (non-hydrogen) atoms. The third kappa shape index (κ3) is 2.64. The summed E-state index contributed by atoms with van der Waals surface area (Å²) in [4.78, 5) is 7.37. The second-order valence-electron chi connectivity index (χ2n) is 5.03. The average Bonchev–Trinajstić information content (AvgIpc) is 2.51. The highest BCUT2D eigenvalue weighted by Gasteiger charge is 2.37. The number of aryl methyl sites for hydroxylation is 1. The van der Waals surface area contributed by atoms with Crippen molar-refractivity contribution in [3.63, 3.8) is 0 Å². The molecule has 1 aliphatic carbocycles. The summed E-state index contributed by atoms with van der Waals surface area (Å²) in [6, 6.07) is 7.31. The van der Waals surface area contributed by atoms with Crippen LogP contribution in [0.1, 0.15) is 17.0 Å². The Bertz CT molecular complexity index is 701. The zero-order valence-corrected chi connectivity index (χ0v) is 11.6. The van der Waals surface area contributed by atoms with Crippen molar-refractivity contribution < 1.29 is 18.3 Å². The van der Waals surface area contributed by atoms with Crippen molar-refractivity contribution in [2.75, 3.05) is 18.5 Å². The molecule has 116 valence electrons. The van der Waals surface area contributed by atoms with Crippen LogP contribution >= 0.6 is 0 Å². The molecule has 0 unspecified atom stereocenters. The number of hydrogen-bond acceptors (Lipinski definition) is 4. The first-order valence-corrected chi connectivity index (χ1v) is 6.92. The number of rotatable bonds is 3. The van der Waals surface area contributed by atoms with Gasteiger partial charge in [0, 0.05) is 17.7 Å². The lowest BCUT2D eigenvalue weighted by Crippen LogP contribution is -2.19. The fourth-order valence-electron chi connectivity index (χ4n) is 2.62. The van der Waals surface area contributed by atoms with Crippen LogP contribution in [0.4, 0.5) is 19.0 Å². The van der Waals surface area contributed by atoms with Gasteiger partial charge < -0.3 is 10.4 Å². The van der Waals surface area contributed by atoms with E-state index in [1.807, 2.05) is 12.1 Å². The van der Waals surface area contributed by atoms with Crippen molar-refractivity contribution in [3.05, 3.63) is 41.2 Å². The summed E-state index contributed by atoms with van der Waals surface area (Å²) in [5.74, 6) is -1.01. The Balaban J connectivity index is 2.18. The molecule has 4 nitrogen and oxygen atoms in total. The van der Waals surface area contributed by atoms with Gasteiger partial charge in [-0.1, -0.05) is 24.3 Å². The topological polar surface area (TPSA) is 58.0 Å². The summed E-state index contributed by atoms with van der Waals surface area (Å²) in [5, 5.41) is 11.7. The lowest BCUT2D eigenvalue weighted by molar-refractivity contribution is -0.144. The van der Waals surface area contributed by atoms with Crippen molar-refractivity contribution in [1.82, 2.24) is 9.97 Å². The summed E-state index contributed by atoms with van der Waals surface area (Å²) in [6.07, 6.45) is -3.32. The van der Waals surface area contributed by atoms with Crippen molar-refractivity contribution in [2.45, 2.75) is 19.0 Å². The van der Waals surface area contributed by atoms with E-state index in [2.05, 4.69) is 15.3 Å². The molecule has 0 bridgehead atoms. The van der Waals surface area contributed by atoms with Gasteiger partial charge in [0.2, 0.25) is 5.82 Å². The fourth-order valence-corrected chi connectivity index (χ4v) is 2.62. The first-order valence-electron chi connectivity index (χ1n) is 6.92. The average molecular weight is 309 g/mol.